The van der Waals surface area contributed by atoms with Crippen molar-refractivity contribution in [2.45, 2.75) is 44.6 Å². The highest BCUT2D eigenvalue weighted by molar-refractivity contribution is 5.88. The molecule has 6 heteroatoms. The lowest BCUT2D eigenvalue weighted by Gasteiger charge is -2.44. The van der Waals surface area contributed by atoms with Crippen LogP contribution in [0.1, 0.15) is 38.7 Å². The number of hydrogen-bond acceptors (Lipinski definition) is 4. The molecule has 1 aromatic rings. The van der Waals surface area contributed by atoms with Gasteiger partial charge in [0, 0.05) is 19.0 Å². The second-order valence-electron chi connectivity index (χ2n) is 8.03. The first-order valence-electron chi connectivity index (χ1n) is 9.45. The predicted molar refractivity (Wildman–Crippen MR) is 96.3 cm³/mol. The number of likely N-dealkylation sites (tertiary alicyclic amines) is 1. The third-order valence-corrected chi connectivity index (χ3v) is 5.79. The van der Waals surface area contributed by atoms with E-state index in [1.165, 1.54) is 0 Å². The minimum Gasteiger partial charge on any atom is -0.486 e. The summed E-state index contributed by atoms with van der Waals surface area (Å²) in [6, 6.07) is 5.79. The normalized spacial score (nSPS) is 20.2. The standard InChI is InChI=1S/C20H26N2O4/c1-20(2,14-6-7-16-17(10-14)26-9-8-25-16)19(24)22-11-15(12-22)21-18(23)13-4-3-5-13/h6-7,10,13,15H,3-5,8-9,11-12H2,1-2H3,(H,21,23). The van der Waals surface area contributed by atoms with Crippen molar-refractivity contribution in [3.63, 3.8) is 0 Å². The molecule has 1 saturated heterocycles. The van der Waals surface area contributed by atoms with Crippen molar-refractivity contribution >= 4 is 11.8 Å². The number of nitrogens with one attached hydrogen (secondary N) is 1. The van der Waals surface area contributed by atoms with Gasteiger partial charge in [-0.1, -0.05) is 12.5 Å². The van der Waals surface area contributed by atoms with Crippen LogP contribution in [0.3, 0.4) is 0 Å². The number of amides is 2. The van der Waals surface area contributed by atoms with Crippen LogP contribution in [-0.2, 0) is 15.0 Å². The Hall–Kier alpha value is -2.24. The molecule has 0 aromatic heterocycles. The van der Waals surface area contributed by atoms with Crippen molar-refractivity contribution < 1.29 is 19.1 Å². The molecule has 0 radical (unpaired) electrons. The van der Waals surface area contributed by atoms with Gasteiger partial charge in [0.25, 0.3) is 0 Å². The highest BCUT2D eigenvalue weighted by atomic mass is 16.6. The molecule has 0 unspecified atom stereocenters. The summed E-state index contributed by atoms with van der Waals surface area (Å²) in [5.74, 6) is 1.84. The number of fused-ring (bicyclic) bond motifs is 1. The van der Waals surface area contributed by atoms with Gasteiger partial charge in [-0.25, -0.2) is 0 Å². The minimum absolute atomic E-state index is 0.0725. The minimum atomic E-state index is -0.654. The topological polar surface area (TPSA) is 67.9 Å². The molecule has 2 heterocycles. The van der Waals surface area contributed by atoms with Crippen LogP contribution in [0.15, 0.2) is 18.2 Å². The Morgan fingerprint density at radius 2 is 1.81 bits per heavy atom. The van der Waals surface area contributed by atoms with E-state index in [4.69, 9.17) is 9.47 Å². The van der Waals surface area contributed by atoms with Crippen molar-refractivity contribution in [1.82, 2.24) is 10.2 Å². The molecular formula is C20H26N2O4. The molecular weight excluding hydrogens is 332 g/mol. The number of hydrogen-bond donors (Lipinski definition) is 1. The van der Waals surface area contributed by atoms with Gasteiger partial charge in [-0.15, -0.1) is 0 Å². The van der Waals surface area contributed by atoms with E-state index in [9.17, 15) is 9.59 Å². The van der Waals surface area contributed by atoms with Crippen LogP contribution in [0.5, 0.6) is 11.5 Å². The van der Waals surface area contributed by atoms with Crippen LogP contribution in [-0.4, -0.2) is 49.1 Å². The molecule has 2 fully saturated rings. The van der Waals surface area contributed by atoms with E-state index in [0.29, 0.717) is 32.1 Å². The van der Waals surface area contributed by atoms with Crippen molar-refractivity contribution in [2.24, 2.45) is 5.92 Å². The van der Waals surface area contributed by atoms with E-state index in [-0.39, 0.29) is 23.8 Å². The van der Waals surface area contributed by atoms with Crippen LogP contribution < -0.4 is 14.8 Å². The van der Waals surface area contributed by atoms with Gasteiger partial charge in [0.15, 0.2) is 11.5 Å². The molecule has 2 amide bonds. The van der Waals surface area contributed by atoms with Gasteiger partial charge >= 0.3 is 0 Å². The first-order chi connectivity index (χ1) is 12.4. The molecule has 1 saturated carbocycles. The van der Waals surface area contributed by atoms with Crippen LogP contribution in [0.25, 0.3) is 0 Å². The average molecular weight is 358 g/mol. The number of nitrogens with zero attached hydrogens (tertiary/aromatic N) is 1. The van der Waals surface area contributed by atoms with Gasteiger partial charge in [-0.2, -0.15) is 0 Å². The SMILES string of the molecule is CC(C)(C(=O)N1CC(NC(=O)C2CCC2)C1)c1ccc2c(c1)OCCO2. The van der Waals surface area contributed by atoms with Crippen LogP contribution >= 0.6 is 0 Å². The highest BCUT2D eigenvalue weighted by Gasteiger charge is 2.41. The summed E-state index contributed by atoms with van der Waals surface area (Å²) < 4.78 is 11.2. The molecule has 4 rings (SSSR count). The third-order valence-electron chi connectivity index (χ3n) is 5.79. The summed E-state index contributed by atoms with van der Waals surface area (Å²) in [7, 11) is 0. The summed E-state index contributed by atoms with van der Waals surface area (Å²) in [5.41, 5.74) is 0.257. The van der Waals surface area contributed by atoms with Crippen LogP contribution in [0.2, 0.25) is 0 Å². The maximum atomic E-state index is 13.0. The molecule has 1 N–H and O–H groups in total. The first kappa shape index (κ1) is 17.2. The molecule has 6 nitrogen and oxygen atoms in total. The van der Waals surface area contributed by atoms with Gasteiger partial charge in [0.1, 0.15) is 13.2 Å². The average Bonchev–Trinajstić information content (AvgIpc) is 2.55. The van der Waals surface area contributed by atoms with Crippen LogP contribution in [0.4, 0.5) is 0 Å². The zero-order chi connectivity index (χ0) is 18.3. The van der Waals surface area contributed by atoms with E-state index in [1.54, 1.807) is 0 Å². The first-order valence-corrected chi connectivity index (χ1v) is 9.45. The number of rotatable bonds is 4. The van der Waals surface area contributed by atoms with Crippen molar-refractivity contribution in [1.29, 1.82) is 0 Å². The monoisotopic (exact) mass is 358 g/mol. The van der Waals surface area contributed by atoms with Crippen molar-refractivity contribution in [3.05, 3.63) is 23.8 Å². The zero-order valence-electron chi connectivity index (χ0n) is 15.4. The Labute approximate surface area is 153 Å². The third kappa shape index (κ3) is 3.02. The fourth-order valence-corrected chi connectivity index (χ4v) is 3.68. The molecule has 1 aromatic carbocycles. The summed E-state index contributed by atoms with van der Waals surface area (Å²) in [6.07, 6.45) is 3.15. The summed E-state index contributed by atoms with van der Waals surface area (Å²) in [6.45, 7) is 6.12. The fourth-order valence-electron chi connectivity index (χ4n) is 3.68. The Kier molecular flexibility index (Phi) is 4.29. The lowest BCUT2D eigenvalue weighted by molar-refractivity contribution is -0.143. The van der Waals surface area contributed by atoms with Gasteiger partial charge in [-0.05, 0) is 44.4 Å². The van der Waals surface area contributed by atoms with Crippen LogP contribution in [0, 0.1) is 5.92 Å². The van der Waals surface area contributed by atoms with E-state index in [1.807, 2.05) is 36.9 Å². The maximum absolute atomic E-state index is 13.0. The molecule has 0 spiro atoms. The second-order valence-corrected chi connectivity index (χ2v) is 8.03. The summed E-state index contributed by atoms with van der Waals surface area (Å²) >= 11 is 0. The lowest BCUT2D eigenvalue weighted by atomic mass is 9.81. The maximum Gasteiger partial charge on any atom is 0.232 e. The van der Waals surface area contributed by atoms with Crippen molar-refractivity contribution in [3.8, 4) is 11.5 Å². The Bertz CT molecular complexity index is 721. The molecule has 3 aliphatic rings. The quantitative estimate of drug-likeness (QED) is 0.892. The molecule has 26 heavy (non-hydrogen) atoms. The molecule has 140 valence electrons. The predicted octanol–water partition coefficient (Wildman–Crippen LogP) is 1.86. The second kappa shape index (κ2) is 6.49. The molecule has 2 aliphatic heterocycles. The van der Waals surface area contributed by atoms with Gasteiger partial charge < -0.3 is 19.7 Å². The Balaban J connectivity index is 1.37. The molecule has 1 aliphatic carbocycles. The lowest BCUT2D eigenvalue weighted by Crippen LogP contribution is -2.64. The largest absolute Gasteiger partial charge is 0.486 e. The van der Waals surface area contributed by atoms with Gasteiger partial charge in [0.05, 0.1) is 11.5 Å². The van der Waals surface area contributed by atoms with Gasteiger partial charge in [0.2, 0.25) is 11.8 Å². The van der Waals surface area contributed by atoms with E-state index in [0.717, 1.165) is 30.6 Å². The number of carbonyl (C=O) groups is 2. The van der Waals surface area contributed by atoms with E-state index < -0.39 is 5.41 Å². The molecule has 0 bridgehead atoms. The zero-order valence-corrected chi connectivity index (χ0v) is 15.4. The Morgan fingerprint density at radius 1 is 1.12 bits per heavy atom. The summed E-state index contributed by atoms with van der Waals surface area (Å²) in [4.78, 5) is 26.8. The summed E-state index contributed by atoms with van der Waals surface area (Å²) in [5, 5.41) is 3.07. The fraction of sp³-hybridized carbons (Fsp3) is 0.600. The van der Waals surface area contributed by atoms with Crippen molar-refractivity contribution in [2.75, 3.05) is 26.3 Å². The smallest absolute Gasteiger partial charge is 0.232 e. The highest BCUT2D eigenvalue weighted by Crippen LogP contribution is 2.36. The van der Waals surface area contributed by atoms with Gasteiger partial charge in [-0.3, -0.25) is 9.59 Å². The van der Waals surface area contributed by atoms with E-state index in [2.05, 4.69) is 5.32 Å². The van der Waals surface area contributed by atoms with E-state index >= 15 is 0 Å². The number of ether oxygens (including phenoxy) is 2. The Morgan fingerprint density at radius 3 is 2.46 bits per heavy atom. The number of carbonyl (C=O) groups excluding carboxylic acids is 2. The molecule has 0 atom stereocenters. The number of benzene rings is 1.